The summed E-state index contributed by atoms with van der Waals surface area (Å²) in [6, 6.07) is 10.5. The minimum atomic E-state index is 0.0210. The highest BCUT2D eigenvalue weighted by atomic mass is 16.5. The second-order valence-electron chi connectivity index (χ2n) is 3.88. The molecule has 5 nitrogen and oxygen atoms in total. The molecule has 1 aromatic heterocycles. The number of aromatic nitrogens is 2. The van der Waals surface area contributed by atoms with Crippen LogP contribution in [0.3, 0.4) is 0 Å². The fourth-order valence-corrected chi connectivity index (χ4v) is 1.57. The molecule has 5 heteroatoms. The first-order valence-electron chi connectivity index (χ1n) is 5.60. The molecule has 0 bridgehead atoms. The van der Waals surface area contributed by atoms with Crippen LogP contribution in [-0.2, 0) is 0 Å². The van der Waals surface area contributed by atoms with Crippen LogP contribution < -0.4 is 11.1 Å². The van der Waals surface area contributed by atoms with E-state index in [1.54, 1.807) is 6.92 Å². The maximum absolute atomic E-state index is 6.06. The van der Waals surface area contributed by atoms with Gasteiger partial charge in [-0.25, -0.2) is 0 Å². The van der Waals surface area contributed by atoms with Gasteiger partial charge < -0.3 is 15.6 Å². The molecule has 0 radical (unpaired) electrons. The highest BCUT2D eigenvalue weighted by molar-refractivity contribution is 5.20. The van der Waals surface area contributed by atoms with E-state index >= 15 is 0 Å². The van der Waals surface area contributed by atoms with E-state index in [-0.39, 0.29) is 6.04 Å². The quantitative estimate of drug-likeness (QED) is 0.823. The monoisotopic (exact) mass is 232 g/mol. The van der Waals surface area contributed by atoms with Gasteiger partial charge in [0, 0.05) is 12.6 Å². The molecule has 0 aliphatic carbocycles. The fraction of sp³-hybridized carbons (Fsp3) is 0.333. The van der Waals surface area contributed by atoms with Crippen molar-refractivity contribution in [2.24, 2.45) is 5.73 Å². The van der Waals surface area contributed by atoms with Gasteiger partial charge in [-0.3, -0.25) is 0 Å². The smallest absolute Gasteiger partial charge is 0.321 e. The Kier molecular flexibility index (Phi) is 3.72. The average Bonchev–Trinajstić information content (AvgIpc) is 2.76. The molecule has 0 aliphatic heterocycles. The van der Waals surface area contributed by atoms with Crippen LogP contribution in [0.15, 0.2) is 34.9 Å². The standard InChI is InChI=1S/C12H16N4O/c1-9-15-12(17-16-9)14-8-7-11(13)10-5-3-2-4-6-10/h2-6,11H,7-8,13H2,1H3,(H,14,15,16). The predicted octanol–water partition coefficient (Wildman–Crippen LogP) is 1.88. The Hall–Kier alpha value is -1.88. The van der Waals surface area contributed by atoms with Crippen LogP contribution in [0.2, 0.25) is 0 Å². The molecular formula is C12H16N4O. The largest absolute Gasteiger partial charge is 0.338 e. The topological polar surface area (TPSA) is 77.0 Å². The molecule has 1 unspecified atom stereocenters. The number of aryl methyl sites for hydroxylation is 1. The normalized spacial score (nSPS) is 12.4. The number of rotatable bonds is 5. The molecule has 0 spiro atoms. The zero-order valence-corrected chi connectivity index (χ0v) is 9.76. The van der Waals surface area contributed by atoms with Crippen LogP contribution in [0.25, 0.3) is 0 Å². The highest BCUT2D eigenvalue weighted by Gasteiger charge is 2.06. The van der Waals surface area contributed by atoms with Crippen LogP contribution in [0, 0.1) is 6.92 Å². The summed E-state index contributed by atoms with van der Waals surface area (Å²) in [5.41, 5.74) is 7.19. The van der Waals surface area contributed by atoms with Crippen molar-refractivity contribution in [1.29, 1.82) is 0 Å². The predicted molar refractivity (Wildman–Crippen MR) is 65.5 cm³/mol. The molecule has 0 fully saturated rings. The van der Waals surface area contributed by atoms with E-state index in [2.05, 4.69) is 15.5 Å². The number of nitrogens with one attached hydrogen (secondary N) is 1. The van der Waals surface area contributed by atoms with Gasteiger partial charge in [0.2, 0.25) is 0 Å². The third kappa shape index (κ3) is 3.29. The van der Waals surface area contributed by atoms with Crippen molar-refractivity contribution < 1.29 is 4.52 Å². The molecule has 2 aromatic rings. The van der Waals surface area contributed by atoms with Gasteiger partial charge in [0.15, 0.2) is 5.82 Å². The SMILES string of the molecule is Cc1noc(NCCC(N)c2ccccc2)n1. The first kappa shape index (κ1) is 11.6. The van der Waals surface area contributed by atoms with Gasteiger partial charge >= 0.3 is 6.01 Å². The summed E-state index contributed by atoms with van der Waals surface area (Å²) in [5, 5.41) is 6.74. The van der Waals surface area contributed by atoms with Crippen molar-refractivity contribution in [3.8, 4) is 0 Å². The summed E-state index contributed by atoms with van der Waals surface area (Å²) in [4.78, 5) is 4.05. The molecule has 2 rings (SSSR count). The first-order valence-corrected chi connectivity index (χ1v) is 5.60. The number of nitrogens with two attached hydrogens (primary N) is 1. The van der Waals surface area contributed by atoms with Gasteiger partial charge in [0.25, 0.3) is 0 Å². The van der Waals surface area contributed by atoms with Crippen LogP contribution >= 0.6 is 0 Å². The van der Waals surface area contributed by atoms with E-state index in [9.17, 15) is 0 Å². The van der Waals surface area contributed by atoms with E-state index < -0.39 is 0 Å². The Balaban J connectivity index is 1.79. The Morgan fingerprint density at radius 3 is 2.76 bits per heavy atom. The van der Waals surface area contributed by atoms with Crippen molar-refractivity contribution >= 4 is 6.01 Å². The van der Waals surface area contributed by atoms with E-state index in [4.69, 9.17) is 10.3 Å². The third-order valence-corrected chi connectivity index (χ3v) is 2.49. The lowest BCUT2D eigenvalue weighted by Crippen LogP contribution is -2.15. The van der Waals surface area contributed by atoms with Gasteiger partial charge in [-0.1, -0.05) is 35.5 Å². The summed E-state index contributed by atoms with van der Waals surface area (Å²) < 4.78 is 4.94. The molecule has 17 heavy (non-hydrogen) atoms. The second-order valence-corrected chi connectivity index (χ2v) is 3.88. The number of hydrogen-bond donors (Lipinski definition) is 2. The Morgan fingerprint density at radius 2 is 2.12 bits per heavy atom. The maximum Gasteiger partial charge on any atom is 0.321 e. The average molecular weight is 232 g/mol. The van der Waals surface area contributed by atoms with Crippen molar-refractivity contribution in [2.75, 3.05) is 11.9 Å². The van der Waals surface area contributed by atoms with E-state index in [0.29, 0.717) is 18.4 Å². The van der Waals surface area contributed by atoms with Crippen LogP contribution in [0.1, 0.15) is 23.9 Å². The Bertz CT molecular complexity index is 455. The molecule has 0 amide bonds. The molecule has 1 aromatic carbocycles. The van der Waals surface area contributed by atoms with Gasteiger partial charge in [-0.05, 0) is 18.9 Å². The van der Waals surface area contributed by atoms with Crippen LogP contribution in [0.4, 0.5) is 6.01 Å². The van der Waals surface area contributed by atoms with E-state index in [1.165, 1.54) is 0 Å². The first-order chi connectivity index (χ1) is 8.25. The lowest BCUT2D eigenvalue weighted by atomic mass is 10.1. The molecule has 0 aliphatic rings. The number of hydrogen-bond acceptors (Lipinski definition) is 5. The number of nitrogens with zero attached hydrogens (tertiary/aromatic N) is 2. The van der Waals surface area contributed by atoms with Crippen LogP contribution in [0.5, 0.6) is 0 Å². The molecule has 90 valence electrons. The van der Waals surface area contributed by atoms with Gasteiger partial charge in [0.1, 0.15) is 0 Å². The highest BCUT2D eigenvalue weighted by Crippen LogP contribution is 2.13. The molecule has 0 saturated carbocycles. The van der Waals surface area contributed by atoms with E-state index in [1.807, 2.05) is 30.3 Å². The summed E-state index contributed by atoms with van der Waals surface area (Å²) in [6.07, 6.45) is 0.811. The van der Waals surface area contributed by atoms with Crippen LogP contribution in [-0.4, -0.2) is 16.7 Å². The second kappa shape index (κ2) is 5.45. The van der Waals surface area contributed by atoms with Crippen molar-refractivity contribution in [2.45, 2.75) is 19.4 Å². The minimum Gasteiger partial charge on any atom is -0.338 e. The van der Waals surface area contributed by atoms with Gasteiger partial charge in [-0.15, -0.1) is 0 Å². The van der Waals surface area contributed by atoms with Gasteiger partial charge in [0.05, 0.1) is 0 Å². The summed E-state index contributed by atoms with van der Waals surface area (Å²) in [5.74, 6) is 0.625. The lowest BCUT2D eigenvalue weighted by Gasteiger charge is -2.11. The Labute approximate surface area is 100 Å². The lowest BCUT2D eigenvalue weighted by molar-refractivity contribution is 0.424. The number of benzene rings is 1. The molecule has 1 atom stereocenters. The summed E-state index contributed by atoms with van der Waals surface area (Å²) >= 11 is 0. The van der Waals surface area contributed by atoms with Crippen molar-refractivity contribution in [3.05, 3.63) is 41.7 Å². The molecule has 0 saturated heterocycles. The fourth-order valence-electron chi connectivity index (χ4n) is 1.57. The number of anilines is 1. The maximum atomic E-state index is 6.06. The van der Waals surface area contributed by atoms with Crippen molar-refractivity contribution in [1.82, 2.24) is 10.1 Å². The summed E-state index contributed by atoms with van der Waals surface area (Å²) in [6.45, 7) is 2.49. The Morgan fingerprint density at radius 1 is 1.35 bits per heavy atom. The minimum absolute atomic E-state index is 0.0210. The zero-order chi connectivity index (χ0) is 12.1. The zero-order valence-electron chi connectivity index (χ0n) is 9.76. The third-order valence-electron chi connectivity index (χ3n) is 2.49. The van der Waals surface area contributed by atoms with Gasteiger partial charge in [-0.2, -0.15) is 4.98 Å². The van der Waals surface area contributed by atoms with Crippen molar-refractivity contribution in [3.63, 3.8) is 0 Å². The summed E-state index contributed by atoms with van der Waals surface area (Å²) in [7, 11) is 0. The molecule has 1 heterocycles. The molecule has 3 N–H and O–H groups in total. The van der Waals surface area contributed by atoms with E-state index in [0.717, 1.165) is 12.0 Å². The molecular weight excluding hydrogens is 216 g/mol.